The second-order valence-corrected chi connectivity index (χ2v) is 8.36. The molecular weight excluding hydrogens is 370 g/mol. The largest absolute Gasteiger partial charge is 0.496 e. The number of aryl methyl sites for hydroxylation is 2. The molecule has 1 aromatic rings. The molecule has 0 aromatic heterocycles. The Kier molecular flexibility index (Phi) is 6.83. The van der Waals surface area contributed by atoms with E-state index in [1.807, 2.05) is 0 Å². The second kappa shape index (κ2) is 8.71. The molecule has 9 heteroatoms. The van der Waals surface area contributed by atoms with Crippen molar-refractivity contribution >= 4 is 21.8 Å². The molecular formula is C18H27N3O5S. The molecule has 0 radical (unpaired) electrons. The third kappa shape index (κ3) is 5.20. The summed E-state index contributed by atoms with van der Waals surface area (Å²) < 4.78 is 32.8. The SMILES string of the molecule is COc1cc(C)c(S(=O)(=O)NCCC(=O)N2CCN(C(C)=O)CC2)cc1C. The molecule has 1 aliphatic rings. The van der Waals surface area contributed by atoms with E-state index in [0.717, 1.165) is 5.56 Å². The molecule has 1 heterocycles. The number of ether oxygens (including phenoxy) is 1. The lowest BCUT2D eigenvalue weighted by molar-refractivity contribution is -0.138. The number of hydrogen-bond acceptors (Lipinski definition) is 5. The molecule has 0 bridgehead atoms. The summed E-state index contributed by atoms with van der Waals surface area (Å²) in [7, 11) is -2.18. The van der Waals surface area contributed by atoms with Crippen LogP contribution in [0, 0.1) is 13.8 Å². The summed E-state index contributed by atoms with van der Waals surface area (Å²) in [6.07, 6.45) is 0.0769. The van der Waals surface area contributed by atoms with Crippen LogP contribution in [0.4, 0.5) is 0 Å². The van der Waals surface area contributed by atoms with Gasteiger partial charge in [-0.2, -0.15) is 0 Å². The Hall–Kier alpha value is -2.13. The Bertz CT molecular complexity index is 815. The van der Waals surface area contributed by atoms with Gasteiger partial charge in [0, 0.05) is 46.1 Å². The van der Waals surface area contributed by atoms with Gasteiger partial charge in [-0.15, -0.1) is 0 Å². The molecule has 8 nitrogen and oxygen atoms in total. The standard InChI is InChI=1S/C18H27N3O5S/c1-13-12-17(14(2)11-16(13)26-4)27(24,25)19-6-5-18(23)21-9-7-20(8-10-21)15(3)22/h11-12,19H,5-10H2,1-4H3. The summed E-state index contributed by atoms with van der Waals surface area (Å²) in [6, 6.07) is 3.25. The smallest absolute Gasteiger partial charge is 0.240 e. The number of nitrogens with one attached hydrogen (secondary N) is 1. The maximum Gasteiger partial charge on any atom is 0.240 e. The minimum Gasteiger partial charge on any atom is -0.496 e. The molecule has 27 heavy (non-hydrogen) atoms. The Morgan fingerprint density at radius 3 is 2.22 bits per heavy atom. The normalized spacial score (nSPS) is 15.0. The summed E-state index contributed by atoms with van der Waals surface area (Å²) >= 11 is 0. The summed E-state index contributed by atoms with van der Waals surface area (Å²) in [4.78, 5) is 27.1. The fraction of sp³-hybridized carbons (Fsp3) is 0.556. The lowest BCUT2D eigenvalue weighted by atomic mass is 10.1. The van der Waals surface area contributed by atoms with Crippen LogP contribution in [0.15, 0.2) is 17.0 Å². The van der Waals surface area contributed by atoms with E-state index in [1.165, 1.54) is 14.0 Å². The lowest BCUT2D eigenvalue weighted by Gasteiger charge is -2.34. The fourth-order valence-electron chi connectivity index (χ4n) is 3.07. The van der Waals surface area contributed by atoms with Gasteiger partial charge in [0.05, 0.1) is 12.0 Å². The zero-order valence-electron chi connectivity index (χ0n) is 16.2. The van der Waals surface area contributed by atoms with Crippen LogP contribution in [0.25, 0.3) is 0 Å². The van der Waals surface area contributed by atoms with E-state index in [9.17, 15) is 18.0 Å². The zero-order valence-corrected chi connectivity index (χ0v) is 17.1. The molecule has 0 unspecified atom stereocenters. The number of carbonyl (C=O) groups excluding carboxylic acids is 2. The van der Waals surface area contributed by atoms with E-state index in [-0.39, 0.29) is 29.7 Å². The molecule has 1 aromatic carbocycles. The Balaban J connectivity index is 1.92. The van der Waals surface area contributed by atoms with Crippen molar-refractivity contribution in [1.29, 1.82) is 0 Å². The number of rotatable bonds is 6. The van der Waals surface area contributed by atoms with E-state index < -0.39 is 10.0 Å². The lowest BCUT2D eigenvalue weighted by Crippen LogP contribution is -2.50. The topological polar surface area (TPSA) is 96.0 Å². The van der Waals surface area contributed by atoms with Gasteiger partial charge in [0.15, 0.2) is 0 Å². The summed E-state index contributed by atoms with van der Waals surface area (Å²) in [5, 5.41) is 0. The van der Waals surface area contributed by atoms with Gasteiger partial charge < -0.3 is 14.5 Å². The van der Waals surface area contributed by atoms with Crippen molar-refractivity contribution in [2.45, 2.75) is 32.1 Å². The molecule has 0 atom stereocenters. The molecule has 1 aliphatic heterocycles. The second-order valence-electron chi connectivity index (χ2n) is 6.62. The van der Waals surface area contributed by atoms with Gasteiger partial charge in [0.25, 0.3) is 0 Å². The average molecular weight is 397 g/mol. The highest BCUT2D eigenvalue weighted by Gasteiger charge is 2.23. The molecule has 150 valence electrons. The molecule has 0 saturated carbocycles. The summed E-state index contributed by atoms with van der Waals surface area (Å²) in [5.41, 5.74) is 1.31. The minimum atomic E-state index is -3.71. The van der Waals surface area contributed by atoms with Crippen LogP contribution in [0.2, 0.25) is 0 Å². The monoisotopic (exact) mass is 397 g/mol. The molecule has 1 saturated heterocycles. The Morgan fingerprint density at radius 1 is 1.07 bits per heavy atom. The van der Waals surface area contributed by atoms with Crippen LogP contribution in [0.1, 0.15) is 24.5 Å². The van der Waals surface area contributed by atoms with E-state index in [1.54, 1.807) is 35.8 Å². The van der Waals surface area contributed by atoms with Crippen LogP contribution < -0.4 is 9.46 Å². The van der Waals surface area contributed by atoms with Gasteiger partial charge in [-0.25, -0.2) is 13.1 Å². The van der Waals surface area contributed by atoms with Crippen LogP contribution in [0.3, 0.4) is 0 Å². The number of methoxy groups -OCH3 is 1. The first-order valence-corrected chi connectivity index (χ1v) is 10.3. The molecule has 2 rings (SSSR count). The number of nitrogens with zero attached hydrogens (tertiary/aromatic N) is 2. The Morgan fingerprint density at radius 2 is 1.67 bits per heavy atom. The zero-order chi connectivity index (χ0) is 20.2. The van der Waals surface area contributed by atoms with E-state index in [2.05, 4.69) is 4.72 Å². The number of sulfonamides is 1. The highest BCUT2D eigenvalue weighted by Crippen LogP contribution is 2.25. The molecule has 0 spiro atoms. The number of hydrogen-bond donors (Lipinski definition) is 1. The van der Waals surface area contributed by atoms with E-state index >= 15 is 0 Å². The van der Waals surface area contributed by atoms with Crippen LogP contribution in [-0.4, -0.2) is 69.9 Å². The fourth-order valence-corrected chi connectivity index (χ4v) is 4.41. The number of amides is 2. The van der Waals surface area contributed by atoms with Gasteiger partial charge in [-0.05, 0) is 37.1 Å². The van der Waals surface area contributed by atoms with Crippen molar-refractivity contribution in [2.75, 3.05) is 39.8 Å². The van der Waals surface area contributed by atoms with Crippen molar-refractivity contribution in [1.82, 2.24) is 14.5 Å². The highest BCUT2D eigenvalue weighted by atomic mass is 32.2. The minimum absolute atomic E-state index is 0.0000129. The highest BCUT2D eigenvalue weighted by molar-refractivity contribution is 7.89. The predicted molar refractivity (Wildman–Crippen MR) is 101 cm³/mol. The van der Waals surface area contributed by atoms with Gasteiger partial charge in [0.2, 0.25) is 21.8 Å². The molecule has 1 N–H and O–H groups in total. The van der Waals surface area contributed by atoms with Crippen molar-refractivity contribution in [3.8, 4) is 5.75 Å². The third-order valence-corrected chi connectivity index (χ3v) is 6.29. The van der Waals surface area contributed by atoms with Crippen molar-refractivity contribution in [3.63, 3.8) is 0 Å². The van der Waals surface area contributed by atoms with E-state index in [4.69, 9.17) is 4.74 Å². The first kappa shape index (κ1) is 21.2. The first-order chi connectivity index (χ1) is 12.7. The van der Waals surface area contributed by atoms with Crippen molar-refractivity contribution < 1.29 is 22.7 Å². The van der Waals surface area contributed by atoms with Gasteiger partial charge in [-0.3, -0.25) is 9.59 Å². The third-order valence-electron chi connectivity index (χ3n) is 4.69. The number of piperazine rings is 1. The van der Waals surface area contributed by atoms with E-state index in [0.29, 0.717) is 37.5 Å². The van der Waals surface area contributed by atoms with Crippen LogP contribution in [0.5, 0.6) is 5.75 Å². The van der Waals surface area contributed by atoms with Gasteiger partial charge >= 0.3 is 0 Å². The van der Waals surface area contributed by atoms with Crippen molar-refractivity contribution in [2.24, 2.45) is 0 Å². The van der Waals surface area contributed by atoms with Gasteiger partial charge in [-0.1, -0.05) is 0 Å². The maximum atomic E-state index is 12.6. The van der Waals surface area contributed by atoms with Gasteiger partial charge in [0.1, 0.15) is 5.75 Å². The first-order valence-electron chi connectivity index (χ1n) is 8.84. The Labute approximate surface area is 160 Å². The van der Waals surface area contributed by atoms with Crippen molar-refractivity contribution in [3.05, 3.63) is 23.3 Å². The molecule has 1 fully saturated rings. The maximum absolute atomic E-state index is 12.6. The van der Waals surface area contributed by atoms with Crippen LogP contribution >= 0.6 is 0 Å². The summed E-state index contributed by atoms with van der Waals surface area (Å²) in [6.45, 7) is 6.99. The van der Waals surface area contributed by atoms with Crippen LogP contribution in [-0.2, 0) is 19.6 Å². The number of benzene rings is 1. The molecule has 0 aliphatic carbocycles. The average Bonchev–Trinajstić information content (AvgIpc) is 2.62. The molecule has 2 amide bonds. The predicted octanol–water partition coefficient (Wildman–Crippen LogP) is 0.671. The summed E-state index contributed by atoms with van der Waals surface area (Å²) in [5.74, 6) is 0.509. The quantitative estimate of drug-likeness (QED) is 0.761. The number of carbonyl (C=O) groups is 2.